The van der Waals surface area contributed by atoms with Gasteiger partial charge in [0, 0.05) is 0 Å². The summed E-state index contributed by atoms with van der Waals surface area (Å²) in [5.74, 6) is 1.63. The van der Waals surface area contributed by atoms with Crippen molar-refractivity contribution in [2.45, 2.75) is 71.6 Å². The van der Waals surface area contributed by atoms with Crippen LogP contribution in [-0.4, -0.2) is 0 Å². The monoisotopic (exact) mass is 234 g/mol. The van der Waals surface area contributed by atoms with E-state index in [0.29, 0.717) is 0 Å². The summed E-state index contributed by atoms with van der Waals surface area (Å²) in [7, 11) is 0. The Balaban J connectivity index is 2.00. The van der Waals surface area contributed by atoms with Crippen LogP contribution in [0.1, 0.15) is 71.6 Å². The summed E-state index contributed by atoms with van der Waals surface area (Å²) in [6.45, 7) is 4.63. The fraction of sp³-hybridized carbons (Fsp3) is 0.765. The Morgan fingerprint density at radius 2 is 1.41 bits per heavy atom. The maximum atomic E-state index is 2.37. The normalized spacial score (nSPS) is 16.8. The van der Waals surface area contributed by atoms with Gasteiger partial charge in [0.05, 0.1) is 0 Å². The maximum absolute atomic E-state index is 2.37. The van der Waals surface area contributed by atoms with Gasteiger partial charge in [0.25, 0.3) is 0 Å². The molecule has 1 unspecified atom stereocenters. The van der Waals surface area contributed by atoms with Crippen LogP contribution in [0.15, 0.2) is 24.3 Å². The second-order valence-corrected chi connectivity index (χ2v) is 5.43. The maximum Gasteiger partial charge on any atom is -0.00191 e. The lowest BCUT2D eigenvalue weighted by atomic mass is 9.86. The van der Waals surface area contributed by atoms with Gasteiger partial charge < -0.3 is 0 Å². The molecule has 0 aromatic heterocycles. The van der Waals surface area contributed by atoms with Crippen molar-refractivity contribution in [3.63, 3.8) is 0 Å². The molecule has 0 spiro atoms. The molecule has 0 fully saturated rings. The lowest BCUT2D eigenvalue weighted by Crippen LogP contribution is -2.08. The van der Waals surface area contributed by atoms with Crippen molar-refractivity contribution in [2.24, 2.45) is 11.8 Å². The van der Waals surface area contributed by atoms with Crippen LogP contribution < -0.4 is 0 Å². The number of allylic oxidation sites excluding steroid dienone is 4. The standard InChI is InChI=1S/C17H30/c1-3-5-6-7-8-9-10-13-16(4-2)17-14-11-12-15-17/h11-12,14-17H,3-10,13H2,1-2H3. The Morgan fingerprint density at radius 3 is 2.00 bits per heavy atom. The second kappa shape index (κ2) is 9.50. The average molecular weight is 234 g/mol. The number of hydrogen-bond acceptors (Lipinski definition) is 0. The SMILES string of the molecule is CCCCCCCCCC(CC)C1C=CC=C1. The molecule has 0 N–H and O–H groups in total. The van der Waals surface area contributed by atoms with Gasteiger partial charge in [-0.3, -0.25) is 0 Å². The topological polar surface area (TPSA) is 0 Å². The molecule has 0 saturated carbocycles. The van der Waals surface area contributed by atoms with Crippen LogP contribution in [0.3, 0.4) is 0 Å². The highest BCUT2D eigenvalue weighted by molar-refractivity contribution is 5.18. The first-order valence-electron chi connectivity index (χ1n) is 7.73. The van der Waals surface area contributed by atoms with Gasteiger partial charge in [0.15, 0.2) is 0 Å². The molecule has 0 radical (unpaired) electrons. The first-order chi connectivity index (χ1) is 8.38. The van der Waals surface area contributed by atoms with Crippen molar-refractivity contribution in [3.05, 3.63) is 24.3 Å². The van der Waals surface area contributed by atoms with E-state index in [2.05, 4.69) is 38.2 Å². The number of rotatable bonds is 10. The highest BCUT2D eigenvalue weighted by Crippen LogP contribution is 2.27. The third kappa shape index (κ3) is 6.10. The molecule has 0 aromatic rings. The van der Waals surface area contributed by atoms with Crippen LogP contribution >= 0.6 is 0 Å². The minimum Gasteiger partial charge on any atom is -0.0773 e. The first-order valence-corrected chi connectivity index (χ1v) is 7.73. The van der Waals surface area contributed by atoms with Gasteiger partial charge in [-0.2, -0.15) is 0 Å². The fourth-order valence-corrected chi connectivity index (χ4v) is 2.80. The lowest BCUT2D eigenvalue weighted by Gasteiger charge is -2.19. The summed E-state index contributed by atoms with van der Waals surface area (Å²) in [5, 5.41) is 0. The molecular formula is C17H30. The Bertz CT molecular complexity index is 212. The second-order valence-electron chi connectivity index (χ2n) is 5.43. The fourth-order valence-electron chi connectivity index (χ4n) is 2.80. The molecule has 0 bridgehead atoms. The van der Waals surface area contributed by atoms with Crippen molar-refractivity contribution < 1.29 is 0 Å². The molecule has 98 valence electrons. The van der Waals surface area contributed by atoms with Gasteiger partial charge >= 0.3 is 0 Å². The zero-order valence-corrected chi connectivity index (χ0v) is 11.8. The number of hydrogen-bond donors (Lipinski definition) is 0. The van der Waals surface area contributed by atoms with Crippen molar-refractivity contribution in [3.8, 4) is 0 Å². The summed E-state index contributed by atoms with van der Waals surface area (Å²) in [6.07, 6.45) is 21.9. The van der Waals surface area contributed by atoms with Crippen molar-refractivity contribution >= 4 is 0 Å². The Kier molecular flexibility index (Phi) is 8.13. The van der Waals surface area contributed by atoms with Gasteiger partial charge in [0.2, 0.25) is 0 Å². The van der Waals surface area contributed by atoms with Crippen molar-refractivity contribution in [2.75, 3.05) is 0 Å². The van der Waals surface area contributed by atoms with Crippen LogP contribution in [0.2, 0.25) is 0 Å². The third-order valence-electron chi connectivity index (χ3n) is 4.02. The van der Waals surface area contributed by atoms with Crippen molar-refractivity contribution in [1.82, 2.24) is 0 Å². The molecule has 1 rings (SSSR count). The summed E-state index contributed by atoms with van der Waals surface area (Å²) < 4.78 is 0. The zero-order valence-electron chi connectivity index (χ0n) is 11.8. The van der Waals surface area contributed by atoms with Crippen LogP contribution in [-0.2, 0) is 0 Å². The average Bonchev–Trinajstić information content (AvgIpc) is 2.86. The van der Waals surface area contributed by atoms with E-state index in [9.17, 15) is 0 Å². The Labute approximate surface area is 108 Å². The van der Waals surface area contributed by atoms with Gasteiger partial charge in [-0.15, -0.1) is 0 Å². The first kappa shape index (κ1) is 14.5. The lowest BCUT2D eigenvalue weighted by molar-refractivity contribution is 0.389. The van der Waals surface area contributed by atoms with Gasteiger partial charge in [-0.25, -0.2) is 0 Å². The van der Waals surface area contributed by atoms with E-state index in [0.717, 1.165) is 11.8 Å². The van der Waals surface area contributed by atoms with E-state index < -0.39 is 0 Å². The minimum absolute atomic E-state index is 0.736. The Morgan fingerprint density at radius 1 is 0.824 bits per heavy atom. The van der Waals surface area contributed by atoms with E-state index in [-0.39, 0.29) is 0 Å². The summed E-state index contributed by atoms with van der Waals surface area (Å²) in [6, 6.07) is 0. The predicted molar refractivity (Wildman–Crippen MR) is 78.2 cm³/mol. The van der Waals surface area contributed by atoms with E-state index in [4.69, 9.17) is 0 Å². The van der Waals surface area contributed by atoms with E-state index in [1.807, 2.05) is 0 Å². The quantitative estimate of drug-likeness (QED) is 0.413. The molecular weight excluding hydrogens is 204 g/mol. The smallest absolute Gasteiger partial charge is 0.00191 e. The highest BCUT2D eigenvalue weighted by atomic mass is 14.2. The highest BCUT2D eigenvalue weighted by Gasteiger charge is 2.15. The zero-order chi connectivity index (χ0) is 12.3. The van der Waals surface area contributed by atoms with Gasteiger partial charge in [-0.05, 0) is 18.3 Å². The Hall–Kier alpha value is -0.520. The molecule has 0 heterocycles. The molecule has 1 aliphatic rings. The molecule has 0 heteroatoms. The number of unbranched alkanes of at least 4 members (excludes halogenated alkanes) is 6. The molecule has 17 heavy (non-hydrogen) atoms. The predicted octanol–water partition coefficient (Wildman–Crippen LogP) is 5.90. The van der Waals surface area contributed by atoms with Crippen LogP contribution in [0.5, 0.6) is 0 Å². The van der Waals surface area contributed by atoms with Gasteiger partial charge in [-0.1, -0.05) is 89.5 Å². The summed E-state index contributed by atoms with van der Waals surface area (Å²) in [5.41, 5.74) is 0. The minimum atomic E-state index is 0.736. The van der Waals surface area contributed by atoms with E-state index in [1.54, 1.807) is 0 Å². The third-order valence-corrected chi connectivity index (χ3v) is 4.02. The van der Waals surface area contributed by atoms with Crippen molar-refractivity contribution in [1.29, 1.82) is 0 Å². The molecule has 1 aliphatic carbocycles. The summed E-state index contributed by atoms with van der Waals surface area (Å²) >= 11 is 0. The molecule has 0 amide bonds. The summed E-state index contributed by atoms with van der Waals surface area (Å²) in [4.78, 5) is 0. The molecule has 0 aliphatic heterocycles. The molecule has 1 atom stereocenters. The van der Waals surface area contributed by atoms with E-state index in [1.165, 1.54) is 57.8 Å². The molecule has 0 nitrogen and oxygen atoms in total. The van der Waals surface area contributed by atoms with Gasteiger partial charge in [0.1, 0.15) is 0 Å². The van der Waals surface area contributed by atoms with Crippen LogP contribution in [0.25, 0.3) is 0 Å². The molecule has 0 saturated heterocycles. The molecule has 0 aromatic carbocycles. The van der Waals surface area contributed by atoms with Crippen LogP contribution in [0, 0.1) is 11.8 Å². The van der Waals surface area contributed by atoms with Crippen LogP contribution in [0.4, 0.5) is 0 Å². The largest absolute Gasteiger partial charge is 0.0773 e. The van der Waals surface area contributed by atoms with E-state index >= 15 is 0 Å².